The molecule has 0 amide bonds. The topological polar surface area (TPSA) is 66.5 Å². The molecule has 0 saturated carbocycles. The van der Waals surface area contributed by atoms with E-state index in [1.807, 2.05) is 13.0 Å². The Labute approximate surface area is 95.9 Å². The Morgan fingerprint density at radius 1 is 1.38 bits per heavy atom. The number of hydrogen-bond donors (Lipinski definition) is 3. The van der Waals surface area contributed by atoms with E-state index in [1.54, 1.807) is 0 Å². The van der Waals surface area contributed by atoms with Crippen LogP contribution in [0, 0.1) is 6.92 Å². The van der Waals surface area contributed by atoms with Crippen LogP contribution >= 0.6 is 0 Å². The molecule has 0 saturated heterocycles. The summed E-state index contributed by atoms with van der Waals surface area (Å²) in [6, 6.07) is 1.35. The molecule has 1 aliphatic rings. The second-order valence-corrected chi connectivity index (χ2v) is 4.57. The largest absolute Gasteiger partial charge is 0.508 e. The monoisotopic (exact) mass is 221 g/mol. The fraction of sp³-hybridized carbons (Fsp3) is 0.538. The summed E-state index contributed by atoms with van der Waals surface area (Å²) in [7, 11) is 0. The molecule has 88 valence electrons. The number of phenols is 1. The highest BCUT2D eigenvalue weighted by atomic mass is 16.3. The van der Waals surface area contributed by atoms with Crippen LogP contribution in [0.1, 0.15) is 41.1 Å². The fourth-order valence-electron chi connectivity index (χ4n) is 2.67. The van der Waals surface area contributed by atoms with Crippen molar-refractivity contribution in [3.05, 3.63) is 28.3 Å². The Hall–Kier alpha value is -1.06. The third-order valence-corrected chi connectivity index (χ3v) is 3.52. The average Bonchev–Trinajstić information content (AvgIpc) is 2.28. The van der Waals surface area contributed by atoms with Gasteiger partial charge in [0.15, 0.2) is 0 Å². The Morgan fingerprint density at radius 3 is 2.75 bits per heavy atom. The zero-order valence-electron chi connectivity index (χ0n) is 9.66. The van der Waals surface area contributed by atoms with Crippen molar-refractivity contribution in [3.63, 3.8) is 0 Å². The molecule has 2 rings (SSSR count). The predicted molar refractivity (Wildman–Crippen MR) is 63.5 cm³/mol. The van der Waals surface area contributed by atoms with Crippen molar-refractivity contribution in [2.24, 2.45) is 5.73 Å². The number of benzene rings is 1. The molecule has 1 aromatic rings. The molecule has 0 bridgehead atoms. The van der Waals surface area contributed by atoms with E-state index in [4.69, 9.17) is 10.8 Å². The number of aryl methyl sites for hydroxylation is 1. The van der Waals surface area contributed by atoms with Crippen molar-refractivity contribution in [3.8, 4) is 5.75 Å². The zero-order chi connectivity index (χ0) is 11.7. The van der Waals surface area contributed by atoms with Crippen LogP contribution in [0.25, 0.3) is 0 Å². The first-order valence-corrected chi connectivity index (χ1v) is 5.85. The highest BCUT2D eigenvalue weighted by Crippen LogP contribution is 2.35. The second kappa shape index (κ2) is 4.44. The lowest BCUT2D eigenvalue weighted by atomic mass is 9.84. The normalized spacial score (nSPS) is 16.9. The lowest BCUT2D eigenvalue weighted by Gasteiger charge is -2.23. The van der Waals surface area contributed by atoms with Crippen molar-refractivity contribution in [1.82, 2.24) is 0 Å². The van der Waals surface area contributed by atoms with Gasteiger partial charge in [-0.2, -0.15) is 0 Å². The maximum Gasteiger partial charge on any atom is 0.120 e. The first-order chi connectivity index (χ1) is 7.65. The smallest absolute Gasteiger partial charge is 0.120 e. The van der Waals surface area contributed by atoms with Gasteiger partial charge >= 0.3 is 0 Å². The van der Waals surface area contributed by atoms with Crippen LogP contribution in [0.5, 0.6) is 5.75 Å². The van der Waals surface area contributed by atoms with E-state index in [-0.39, 0.29) is 12.4 Å². The lowest BCUT2D eigenvalue weighted by Crippen LogP contribution is -2.18. The molecule has 0 aromatic heterocycles. The van der Waals surface area contributed by atoms with E-state index >= 15 is 0 Å². The molecule has 0 spiro atoms. The molecule has 0 radical (unpaired) electrons. The number of aromatic hydroxyl groups is 1. The van der Waals surface area contributed by atoms with E-state index in [9.17, 15) is 5.11 Å². The summed E-state index contributed by atoms with van der Waals surface area (Å²) in [6.45, 7) is 1.86. The van der Waals surface area contributed by atoms with Gasteiger partial charge in [-0.25, -0.2) is 0 Å². The number of aliphatic hydroxyl groups excluding tert-OH is 1. The third-order valence-electron chi connectivity index (χ3n) is 3.52. The second-order valence-electron chi connectivity index (χ2n) is 4.57. The van der Waals surface area contributed by atoms with Gasteiger partial charge in [0.1, 0.15) is 5.75 Å². The van der Waals surface area contributed by atoms with Gasteiger partial charge in [-0.1, -0.05) is 0 Å². The van der Waals surface area contributed by atoms with E-state index < -0.39 is 6.04 Å². The highest BCUT2D eigenvalue weighted by molar-refractivity contribution is 5.50. The molecular formula is C13H19NO2. The average molecular weight is 221 g/mol. The molecule has 4 N–H and O–H groups in total. The standard InChI is InChI=1S/C13H19NO2/c1-8-10-5-3-2-4-9(10)6-12(16)13(8)11(14)7-15/h6,11,15-16H,2-5,7,14H2,1H3. The molecule has 1 unspecified atom stereocenters. The maximum atomic E-state index is 9.96. The SMILES string of the molecule is Cc1c2c(cc(O)c1C(N)CO)CCCC2. The summed E-state index contributed by atoms with van der Waals surface area (Å²) in [4.78, 5) is 0. The fourth-order valence-corrected chi connectivity index (χ4v) is 2.67. The summed E-state index contributed by atoms with van der Waals surface area (Å²) in [5.41, 5.74) is 10.2. The van der Waals surface area contributed by atoms with Crippen molar-refractivity contribution in [2.45, 2.75) is 38.6 Å². The molecule has 3 heteroatoms. The number of phenolic OH excluding ortho intramolecular Hbond substituents is 1. The van der Waals surface area contributed by atoms with E-state index in [2.05, 4.69) is 0 Å². The van der Waals surface area contributed by atoms with E-state index in [1.165, 1.54) is 24.0 Å². The van der Waals surface area contributed by atoms with Gasteiger partial charge in [0.25, 0.3) is 0 Å². The number of nitrogens with two attached hydrogens (primary N) is 1. The van der Waals surface area contributed by atoms with Crippen LogP contribution in [0.3, 0.4) is 0 Å². The van der Waals surface area contributed by atoms with Crippen molar-refractivity contribution < 1.29 is 10.2 Å². The number of aliphatic hydroxyl groups is 1. The Balaban J connectivity index is 2.54. The predicted octanol–water partition coefficient (Wildman–Crippen LogP) is 1.57. The minimum atomic E-state index is -0.479. The Morgan fingerprint density at radius 2 is 2.06 bits per heavy atom. The van der Waals surface area contributed by atoms with Crippen LogP contribution in [-0.2, 0) is 12.8 Å². The molecule has 0 heterocycles. The molecule has 1 atom stereocenters. The minimum Gasteiger partial charge on any atom is -0.508 e. The van der Waals surface area contributed by atoms with Gasteiger partial charge in [0.2, 0.25) is 0 Å². The lowest BCUT2D eigenvalue weighted by molar-refractivity contribution is 0.264. The van der Waals surface area contributed by atoms with E-state index in [0.29, 0.717) is 5.56 Å². The van der Waals surface area contributed by atoms with Crippen LogP contribution in [0.2, 0.25) is 0 Å². The summed E-state index contributed by atoms with van der Waals surface area (Å²) >= 11 is 0. The number of fused-ring (bicyclic) bond motifs is 1. The summed E-state index contributed by atoms with van der Waals surface area (Å²) in [5.74, 6) is 0.236. The van der Waals surface area contributed by atoms with Gasteiger partial charge in [-0.05, 0) is 55.4 Å². The molecular weight excluding hydrogens is 202 g/mol. The van der Waals surface area contributed by atoms with Crippen molar-refractivity contribution in [2.75, 3.05) is 6.61 Å². The van der Waals surface area contributed by atoms with Crippen LogP contribution in [0.15, 0.2) is 6.07 Å². The molecule has 0 aliphatic heterocycles. The highest BCUT2D eigenvalue weighted by Gasteiger charge is 2.20. The number of hydrogen-bond acceptors (Lipinski definition) is 3. The summed E-state index contributed by atoms with van der Waals surface area (Å²) < 4.78 is 0. The van der Waals surface area contributed by atoms with Gasteiger partial charge < -0.3 is 15.9 Å². The molecule has 0 fully saturated rings. The molecule has 16 heavy (non-hydrogen) atoms. The van der Waals surface area contributed by atoms with E-state index in [0.717, 1.165) is 18.4 Å². The van der Waals surface area contributed by atoms with Gasteiger partial charge in [0, 0.05) is 5.56 Å². The van der Waals surface area contributed by atoms with Gasteiger partial charge in [-0.15, -0.1) is 0 Å². The maximum absolute atomic E-state index is 9.96. The summed E-state index contributed by atoms with van der Waals surface area (Å²) in [6.07, 6.45) is 4.49. The molecule has 1 aliphatic carbocycles. The molecule has 1 aromatic carbocycles. The molecule has 3 nitrogen and oxygen atoms in total. The number of rotatable bonds is 2. The summed E-state index contributed by atoms with van der Waals surface area (Å²) in [5, 5.41) is 19.1. The zero-order valence-corrected chi connectivity index (χ0v) is 9.66. The van der Waals surface area contributed by atoms with Crippen LogP contribution in [-0.4, -0.2) is 16.8 Å². The Kier molecular flexibility index (Phi) is 3.17. The third kappa shape index (κ3) is 1.81. The van der Waals surface area contributed by atoms with Gasteiger partial charge in [-0.3, -0.25) is 0 Å². The quantitative estimate of drug-likeness (QED) is 0.710. The van der Waals surface area contributed by atoms with Crippen molar-refractivity contribution >= 4 is 0 Å². The minimum absolute atomic E-state index is 0.132. The first-order valence-electron chi connectivity index (χ1n) is 5.85. The van der Waals surface area contributed by atoms with Crippen LogP contribution in [0.4, 0.5) is 0 Å². The first kappa shape index (κ1) is 11.4. The Bertz CT molecular complexity index is 401. The van der Waals surface area contributed by atoms with Crippen molar-refractivity contribution in [1.29, 1.82) is 0 Å². The van der Waals surface area contributed by atoms with Crippen LogP contribution < -0.4 is 5.73 Å². The van der Waals surface area contributed by atoms with Gasteiger partial charge in [0.05, 0.1) is 12.6 Å².